The van der Waals surface area contributed by atoms with Crippen molar-refractivity contribution in [3.8, 4) is 50.7 Å². The largest absolute Gasteiger partial charge is 0.457 e. The Kier molecular flexibility index (Phi) is 8.18. The Morgan fingerprint density at radius 3 is 2.03 bits per heavy atom. The first kappa shape index (κ1) is 33.8. The van der Waals surface area contributed by atoms with E-state index in [-0.39, 0.29) is 35.1 Å². The van der Waals surface area contributed by atoms with Crippen LogP contribution in [0.2, 0.25) is 0 Å². The predicted octanol–water partition coefficient (Wildman–Crippen LogP) is 14.4. The molecule has 4 heterocycles. The maximum atomic E-state index is 8.64. The fourth-order valence-electron chi connectivity index (χ4n) is 9.11. The van der Waals surface area contributed by atoms with Gasteiger partial charge in [-0.05, 0) is 93.7 Å². The van der Waals surface area contributed by atoms with Crippen LogP contribution in [-0.4, -0.2) is 33.1 Å². The number of hydrogen-bond donors (Lipinski definition) is 0. The lowest BCUT2D eigenvalue weighted by Crippen LogP contribution is -2.22. The van der Waals surface area contributed by atoms with E-state index in [1.165, 1.54) is 5.56 Å². The average Bonchev–Trinajstić information content (AvgIpc) is 4.02. The van der Waals surface area contributed by atoms with Crippen molar-refractivity contribution in [3.05, 3.63) is 216 Å². The van der Waals surface area contributed by atoms with Gasteiger partial charge in [-0.1, -0.05) is 148 Å². The number of nitrogens with zero attached hydrogens (tertiary/aromatic N) is 4. The number of benzene rings is 7. The highest BCUT2D eigenvalue weighted by atomic mass is 16.5. The topological polar surface area (TPSA) is 42.8 Å². The molecule has 0 bridgehead atoms. The lowest BCUT2D eigenvalue weighted by atomic mass is 9.86. The van der Waals surface area contributed by atoms with Crippen molar-refractivity contribution in [2.75, 3.05) is 13.7 Å². The molecule has 2 aromatic heterocycles. The lowest BCUT2D eigenvalue weighted by Gasteiger charge is -2.22. The minimum Gasteiger partial charge on any atom is -0.457 e. The molecule has 7 aromatic carbocycles. The smallest absolute Gasteiger partial charge is 0.225 e. The second-order valence-electron chi connectivity index (χ2n) is 17.5. The molecule has 0 fully saturated rings. The van der Waals surface area contributed by atoms with E-state index in [4.69, 9.17) is 21.3 Å². The molecule has 9 aromatic rings. The van der Waals surface area contributed by atoms with E-state index < -0.39 is 6.04 Å². The van der Waals surface area contributed by atoms with Crippen LogP contribution >= 0.6 is 0 Å². The van der Waals surface area contributed by atoms with Gasteiger partial charge < -0.3 is 14.4 Å². The molecule has 0 spiro atoms. The van der Waals surface area contributed by atoms with E-state index >= 15 is 0 Å². The van der Waals surface area contributed by atoms with Crippen molar-refractivity contribution in [2.24, 2.45) is 0 Å². The third-order valence-corrected chi connectivity index (χ3v) is 12.3. The van der Waals surface area contributed by atoms with E-state index in [1.807, 2.05) is 61.7 Å². The zero-order valence-electron chi connectivity index (χ0n) is 41.3. The lowest BCUT2D eigenvalue weighted by molar-refractivity contribution is 0.278. The van der Waals surface area contributed by atoms with Gasteiger partial charge in [-0.15, -0.1) is 0 Å². The molecule has 0 saturated carbocycles. The van der Waals surface area contributed by atoms with Crippen molar-refractivity contribution in [1.82, 2.24) is 19.4 Å². The van der Waals surface area contributed by atoms with Crippen molar-refractivity contribution in [3.63, 3.8) is 0 Å². The minimum atomic E-state index is -0.427. The Bertz CT molecular complexity index is 3530. The molecular weight excluding hydrogens is 785 g/mol. The number of pyridine rings is 1. The molecule has 2 aliphatic rings. The summed E-state index contributed by atoms with van der Waals surface area (Å²) in [6, 6.07) is 48.5. The molecule has 0 N–H and O–H groups in total. The highest BCUT2D eigenvalue weighted by Crippen LogP contribution is 2.47. The zero-order chi connectivity index (χ0) is 47.9. The van der Waals surface area contributed by atoms with Crippen LogP contribution in [0.4, 0.5) is 0 Å². The first-order valence-corrected chi connectivity index (χ1v) is 21.5. The molecular formula is C58H48N4O2. The summed E-state index contributed by atoms with van der Waals surface area (Å²) in [5, 5.41) is 2.09. The van der Waals surface area contributed by atoms with E-state index in [0.29, 0.717) is 29.5 Å². The van der Waals surface area contributed by atoms with Gasteiger partial charge in [-0.2, -0.15) is 0 Å². The fourth-order valence-corrected chi connectivity index (χ4v) is 9.11. The molecule has 0 amide bonds. The number of fused-ring (bicyclic) bond motifs is 4. The second-order valence-corrected chi connectivity index (χ2v) is 17.5. The predicted molar refractivity (Wildman–Crippen MR) is 262 cm³/mol. The van der Waals surface area contributed by atoms with Gasteiger partial charge >= 0.3 is 0 Å². The molecule has 11 rings (SSSR count). The molecule has 0 saturated heterocycles. The van der Waals surface area contributed by atoms with Crippen LogP contribution < -0.4 is 4.74 Å². The molecule has 0 aliphatic carbocycles. The van der Waals surface area contributed by atoms with Crippen molar-refractivity contribution in [2.45, 2.75) is 33.1 Å². The van der Waals surface area contributed by atoms with E-state index in [9.17, 15) is 0 Å². The van der Waals surface area contributed by atoms with E-state index in [0.717, 1.165) is 78.0 Å². The number of ether oxygens (including phenoxy) is 2. The normalized spacial score (nSPS) is 14.8. The number of aromatic nitrogens is 2. The van der Waals surface area contributed by atoms with Gasteiger partial charge in [0.15, 0.2) is 0 Å². The maximum Gasteiger partial charge on any atom is 0.225 e. The first-order chi connectivity index (χ1) is 33.3. The second kappa shape index (κ2) is 15.5. The fraction of sp³-hybridized carbons (Fsp3) is 0.121. The molecule has 6 heteroatoms. The monoisotopic (exact) mass is 837 g/mol. The van der Waals surface area contributed by atoms with Gasteiger partial charge in [0.25, 0.3) is 0 Å². The molecule has 312 valence electrons. The Morgan fingerprint density at radius 1 is 0.641 bits per heavy atom. The van der Waals surface area contributed by atoms with Crippen LogP contribution in [-0.2, 0) is 10.2 Å². The van der Waals surface area contributed by atoms with Crippen molar-refractivity contribution < 1.29 is 16.3 Å². The minimum absolute atomic E-state index is 0.0860. The summed E-state index contributed by atoms with van der Waals surface area (Å²) in [5.74, 6) is 2.70. The standard InChI is InChI=1S/C58H48N4O2/c1-38-31-54(59-35-50(38)41-21-13-8-14-22-41)62-51-30-27-43(58(2,3)4)33-49(51)48-29-28-45(34-52(48)62)64-44-24-15-23-42(32-44)53-36-63-57-56(60(5)37-61(53)57)55-46(39-17-9-6-10-18-39)25-16-26-47(55)40-19-11-7-12-20-40/h6-36H,37H2,1-5H3/i8D,13D,14D,21D,22D. The summed E-state index contributed by atoms with van der Waals surface area (Å²) in [7, 11) is 2.11. The maximum absolute atomic E-state index is 8.64. The zero-order valence-corrected chi connectivity index (χ0v) is 36.3. The molecule has 0 radical (unpaired) electrons. The summed E-state index contributed by atoms with van der Waals surface area (Å²) in [4.78, 5) is 9.40. The quantitative estimate of drug-likeness (QED) is 0.152. The van der Waals surface area contributed by atoms with Crippen LogP contribution in [0.15, 0.2) is 194 Å². The molecule has 2 aliphatic heterocycles. The van der Waals surface area contributed by atoms with Crippen LogP contribution in [0.3, 0.4) is 0 Å². The van der Waals surface area contributed by atoms with Gasteiger partial charge in [0.1, 0.15) is 29.3 Å². The summed E-state index contributed by atoms with van der Waals surface area (Å²) in [6.45, 7) is 9.08. The number of aryl methyl sites for hydroxylation is 1. The Hall–Kier alpha value is -7.83. The summed E-state index contributed by atoms with van der Waals surface area (Å²) in [6.07, 6.45) is 3.45. The van der Waals surface area contributed by atoms with Crippen molar-refractivity contribution >= 4 is 33.2 Å². The summed E-state index contributed by atoms with van der Waals surface area (Å²) < 4.78 is 57.4. The third kappa shape index (κ3) is 6.79. The van der Waals surface area contributed by atoms with Gasteiger partial charge in [-0.3, -0.25) is 9.47 Å². The third-order valence-electron chi connectivity index (χ3n) is 12.3. The number of hydrogen-bond acceptors (Lipinski definition) is 5. The molecule has 6 nitrogen and oxygen atoms in total. The van der Waals surface area contributed by atoms with Crippen molar-refractivity contribution in [1.29, 1.82) is 0 Å². The summed E-state index contributed by atoms with van der Waals surface area (Å²) in [5.41, 5.74) is 12.8. The molecule has 64 heavy (non-hydrogen) atoms. The summed E-state index contributed by atoms with van der Waals surface area (Å²) >= 11 is 0. The van der Waals surface area contributed by atoms with E-state index in [2.05, 4.69) is 139 Å². The van der Waals surface area contributed by atoms with Crippen LogP contribution in [0.1, 0.15) is 49.9 Å². The Morgan fingerprint density at radius 2 is 1.33 bits per heavy atom. The van der Waals surface area contributed by atoms with Gasteiger partial charge in [0, 0.05) is 46.8 Å². The van der Waals surface area contributed by atoms with Gasteiger partial charge in [0.05, 0.1) is 30.3 Å². The van der Waals surface area contributed by atoms with Gasteiger partial charge in [0.2, 0.25) is 5.88 Å². The number of rotatable bonds is 8. The Labute approximate surface area is 381 Å². The molecule has 0 unspecified atom stereocenters. The first-order valence-electron chi connectivity index (χ1n) is 24.0. The van der Waals surface area contributed by atoms with Crippen LogP contribution in [0, 0.1) is 6.92 Å². The van der Waals surface area contributed by atoms with Crippen LogP contribution in [0.5, 0.6) is 11.5 Å². The average molecular weight is 838 g/mol. The van der Waals surface area contributed by atoms with Crippen LogP contribution in [0.25, 0.3) is 72.4 Å². The highest BCUT2D eigenvalue weighted by molar-refractivity contribution is 6.10. The van der Waals surface area contributed by atoms with Gasteiger partial charge in [-0.25, -0.2) is 4.98 Å². The molecule has 0 atom stereocenters. The Balaban J connectivity index is 0.962. The SMILES string of the molecule is [2H]c1c([2H])c([2H])c(-c2cnc(-n3c4ccc(C(C)(C)C)cc4c4ccc(Oc5cccc(C6=COC7=C(c8c(-c9ccccc9)cccc8-c8ccccc8)N(C)CN67)c5)cc43)cc2C)c([2H])c1[2H]. The highest BCUT2D eigenvalue weighted by Gasteiger charge is 2.38. The van der Waals surface area contributed by atoms with E-state index in [1.54, 1.807) is 6.20 Å².